The van der Waals surface area contributed by atoms with E-state index in [2.05, 4.69) is 38.1 Å². The number of nitrogens with zero attached hydrogens (tertiary/aromatic N) is 4. The number of nitrogens with two attached hydrogens (primary N) is 1. The van der Waals surface area contributed by atoms with Gasteiger partial charge in [0.25, 0.3) is 0 Å². The van der Waals surface area contributed by atoms with E-state index in [9.17, 15) is 5.11 Å². The maximum Gasteiger partial charge on any atom is 0.166 e. The molecule has 210 valence electrons. The van der Waals surface area contributed by atoms with E-state index in [-0.39, 0.29) is 5.75 Å². The Labute approximate surface area is 237 Å². The minimum absolute atomic E-state index is 0.285. The van der Waals surface area contributed by atoms with Crippen LogP contribution in [0.25, 0.3) is 21.9 Å². The fourth-order valence-corrected chi connectivity index (χ4v) is 4.75. The number of imidazole rings is 1. The van der Waals surface area contributed by atoms with Crippen LogP contribution in [0.2, 0.25) is 0 Å². The number of hydrogen-bond donors (Lipinski definition) is 4. The second-order valence-electron chi connectivity index (χ2n) is 9.76. The molecule has 5 N–H and O–H groups in total. The predicted octanol–water partition coefficient (Wildman–Crippen LogP) is 5.12. The van der Waals surface area contributed by atoms with Crippen molar-refractivity contribution in [3.8, 4) is 5.75 Å². The number of phenols is 1. The second-order valence-corrected chi connectivity index (χ2v) is 10.2. The topological polar surface area (TPSA) is 104 Å². The average molecular weight is 550 g/mol. The molecular weight excluding hydrogens is 506 g/mol. The van der Waals surface area contributed by atoms with E-state index >= 15 is 0 Å². The maximum atomic E-state index is 10.8. The van der Waals surface area contributed by atoms with E-state index in [0.717, 1.165) is 76.8 Å². The van der Waals surface area contributed by atoms with Crippen LogP contribution in [0.5, 0.6) is 5.75 Å². The molecule has 0 aliphatic heterocycles. The summed E-state index contributed by atoms with van der Waals surface area (Å²) in [6.07, 6.45) is 2.97. The second kappa shape index (κ2) is 14.1. The molecule has 4 aromatic rings. The van der Waals surface area contributed by atoms with Gasteiger partial charge in [-0.1, -0.05) is 51.5 Å². The molecule has 0 bridgehead atoms. The van der Waals surface area contributed by atoms with Crippen molar-refractivity contribution < 1.29 is 5.11 Å². The molecule has 0 aliphatic rings. The maximum absolute atomic E-state index is 10.8. The monoisotopic (exact) mass is 549 g/mol. The minimum Gasteiger partial charge on any atom is -0.507 e. The summed E-state index contributed by atoms with van der Waals surface area (Å²) in [5.41, 5.74) is 11.7. The Bertz CT molecular complexity index is 1410. The van der Waals surface area contributed by atoms with Crippen LogP contribution in [0.4, 0.5) is 5.82 Å². The van der Waals surface area contributed by atoms with Crippen molar-refractivity contribution in [3.63, 3.8) is 0 Å². The number of aromatic hydroxyl groups is 1. The summed E-state index contributed by atoms with van der Waals surface area (Å²) in [7, 11) is 4.05. The van der Waals surface area contributed by atoms with Crippen molar-refractivity contribution in [3.05, 3.63) is 58.9 Å². The number of phenolic OH excluding ortho intramolecular Hbond substituents is 1. The van der Waals surface area contributed by atoms with Crippen LogP contribution in [-0.2, 0) is 19.5 Å². The molecule has 2 aromatic carbocycles. The molecule has 0 fully saturated rings. The first-order valence-electron chi connectivity index (χ1n) is 13.8. The lowest BCUT2D eigenvalue weighted by Crippen LogP contribution is -2.38. The fraction of sp³-hybridized carbons (Fsp3) is 0.433. The number of nitrogen functional groups attached to an aromatic ring is 1. The van der Waals surface area contributed by atoms with E-state index in [1.807, 2.05) is 65.2 Å². The highest BCUT2D eigenvalue weighted by Gasteiger charge is 2.18. The molecule has 0 unspecified atom stereocenters. The van der Waals surface area contributed by atoms with Gasteiger partial charge in [0.2, 0.25) is 0 Å². The van der Waals surface area contributed by atoms with Crippen LogP contribution in [0.15, 0.2) is 36.4 Å². The van der Waals surface area contributed by atoms with Crippen LogP contribution in [0.1, 0.15) is 56.1 Å². The summed E-state index contributed by atoms with van der Waals surface area (Å²) in [5.74, 6) is 1.73. The van der Waals surface area contributed by atoms with E-state index in [1.165, 1.54) is 0 Å². The average Bonchev–Trinajstić information content (AvgIpc) is 3.28. The molecular formula is C30H43N7OS. The predicted molar refractivity (Wildman–Crippen MR) is 167 cm³/mol. The number of hydrogen-bond acceptors (Lipinski definition) is 6. The quantitative estimate of drug-likeness (QED) is 0.202. The molecule has 0 aliphatic carbocycles. The van der Waals surface area contributed by atoms with Crippen LogP contribution < -0.4 is 16.4 Å². The number of aryl methyl sites for hydroxylation is 2. The standard InChI is InChI=1S/C28H37N7OS.C2H6/c1-5-6-11-23-33-24-25(21-9-7-8-10-22(21)32-27(24)29)35(23)17-19-14-18(2)26(36)20(15-19)16-31-28(37)30-12-13-34(3)4;1-2/h7-10,14-15,36H,5-6,11-13,16-17H2,1-4H3,(H2,29,32)(H2,30,31,37);1-2H3. The highest BCUT2D eigenvalue weighted by molar-refractivity contribution is 7.80. The lowest BCUT2D eigenvalue weighted by atomic mass is 10.0. The zero-order valence-electron chi connectivity index (χ0n) is 24.1. The van der Waals surface area contributed by atoms with E-state index in [4.69, 9.17) is 22.9 Å². The zero-order valence-corrected chi connectivity index (χ0v) is 25.0. The Hall–Kier alpha value is -3.43. The van der Waals surface area contributed by atoms with Gasteiger partial charge >= 0.3 is 0 Å². The van der Waals surface area contributed by atoms with Gasteiger partial charge in [-0.25, -0.2) is 9.97 Å². The first-order valence-corrected chi connectivity index (χ1v) is 14.2. The minimum atomic E-state index is 0.285. The zero-order chi connectivity index (χ0) is 28.5. The van der Waals surface area contributed by atoms with Gasteiger partial charge in [-0.3, -0.25) is 0 Å². The van der Waals surface area contributed by atoms with Gasteiger partial charge in [0.15, 0.2) is 10.9 Å². The third-order valence-corrected chi connectivity index (χ3v) is 6.80. The molecule has 8 nitrogen and oxygen atoms in total. The van der Waals surface area contributed by atoms with Gasteiger partial charge in [-0.05, 0) is 62.9 Å². The van der Waals surface area contributed by atoms with Gasteiger partial charge < -0.3 is 30.9 Å². The highest BCUT2D eigenvalue weighted by atomic mass is 32.1. The van der Waals surface area contributed by atoms with Crippen LogP contribution in [0, 0.1) is 6.92 Å². The SMILES string of the molecule is CC.CCCCc1nc2c(N)nc3ccccc3c2n1Cc1cc(C)c(O)c(CNC(=S)NCCN(C)C)c1. The number of rotatable bonds is 10. The Morgan fingerprint density at radius 2 is 1.87 bits per heavy atom. The lowest BCUT2D eigenvalue weighted by Gasteiger charge is -2.16. The van der Waals surface area contributed by atoms with Crippen LogP contribution >= 0.6 is 12.2 Å². The number of likely N-dealkylation sites (N-methyl/N-ethyl adjacent to an activating group) is 1. The molecule has 0 saturated carbocycles. The number of nitrogens with one attached hydrogen (secondary N) is 2. The first kappa shape index (κ1) is 30.1. The number of thiocarbonyl (C=S) groups is 1. The Morgan fingerprint density at radius 1 is 1.13 bits per heavy atom. The summed E-state index contributed by atoms with van der Waals surface area (Å²) in [5, 5.41) is 18.8. The van der Waals surface area contributed by atoms with Crippen molar-refractivity contribution in [1.82, 2.24) is 30.1 Å². The molecule has 9 heteroatoms. The summed E-state index contributed by atoms with van der Waals surface area (Å²) < 4.78 is 2.27. The van der Waals surface area contributed by atoms with Crippen molar-refractivity contribution in [2.45, 2.75) is 60.0 Å². The van der Waals surface area contributed by atoms with Gasteiger partial charge in [0.1, 0.15) is 17.1 Å². The van der Waals surface area contributed by atoms with E-state index < -0.39 is 0 Å². The number of unbranched alkanes of at least 4 members (excludes halogenated alkanes) is 1. The Balaban J connectivity index is 0.00000205. The Kier molecular flexibility index (Phi) is 10.9. The number of pyridine rings is 1. The number of fused-ring (bicyclic) bond motifs is 3. The molecule has 0 spiro atoms. The molecule has 0 amide bonds. The molecule has 2 aromatic heterocycles. The number of benzene rings is 2. The van der Waals surface area contributed by atoms with Crippen molar-refractivity contribution in [2.24, 2.45) is 0 Å². The van der Waals surface area contributed by atoms with Crippen LogP contribution in [-0.4, -0.2) is 56.8 Å². The fourth-order valence-electron chi connectivity index (χ4n) is 4.57. The molecule has 2 heterocycles. The van der Waals surface area contributed by atoms with E-state index in [0.29, 0.717) is 24.0 Å². The summed E-state index contributed by atoms with van der Waals surface area (Å²) in [6, 6.07) is 12.1. The molecule has 39 heavy (non-hydrogen) atoms. The lowest BCUT2D eigenvalue weighted by molar-refractivity contribution is 0.412. The summed E-state index contributed by atoms with van der Waals surface area (Å²) in [4.78, 5) is 11.6. The number of para-hydroxylation sites is 1. The van der Waals surface area contributed by atoms with Gasteiger partial charge in [-0.2, -0.15) is 0 Å². The van der Waals surface area contributed by atoms with Gasteiger partial charge in [-0.15, -0.1) is 0 Å². The summed E-state index contributed by atoms with van der Waals surface area (Å²) >= 11 is 5.42. The Morgan fingerprint density at radius 3 is 2.59 bits per heavy atom. The third kappa shape index (κ3) is 7.36. The van der Waals surface area contributed by atoms with E-state index in [1.54, 1.807) is 0 Å². The highest BCUT2D eigenvalue weighted by Crippen LogP contribution is 2.31. The van der Waals surface area contributed by atoms with Crippen molar-refractivity contribution >= 4 is 45.1 Å². The molecule has 0 saturated heterocycles. The number of anilines is 1. The number of aromatic nitrogens is 3. The van der Waals surface area contributed by atoms with Crippen molar-refractivity contribution in [1.29, 1.82) is 0 Å². The first-order chi connectivity index (χ1) is 18.8. The largest absolute Gasteiger partial charge is 0.507 e. The van der Waals surface area contributed by atoms with Crippen molar-refractivity contribution in [2.75, 3.05) is 32.9 Å². The van der Waals surface area contributed by atoms with Gasteiger partial charge in [0, 0.05) is 43.5 Å². The summed E-state index contributed by atoms with van der Waals surface area (Å²) in [6.45, 7) is 10.8. The molecule has 4 rings (SSSR count). The molecule has 0 atom stereocenters. The van der Waals surface area contributed by atoms with Crippen LogP contribution in [0.3, 0.4) is 0 Å². The third-order valence-electron chi connectivity index (χ3n) is 6.51. The molecule has 0 radical (unpaired) electrons. The van der Waals surface area contributed by atoms with Gasteiger partial charge in [0.05, 0.1) is 11.0 Å². The normalized spacial score (nSPS) is 11.1. The smallest absolute Gasteiger partial charge is 0.166 e.